The van der Waals surface area contributed by atoms with Crippen LogP contribution in [0.4, 0.5) is 26.5 Å². The van der Waals surface area contributed by atoms with E-state index in [2.05, 4.69) is 25.0 Å². The van der Waals surface area contributed by atoms with Crippen LogP contribution in [0.1, 0.15) is 0 Å². The number of nitrogens with one attached hydrogen (secondary N) is 1. The summed E-state index contributed by atoms with van der Waals surface area (Å²) in [6.07, 6.45) is 1.24. The number of cyclic esters (lactones) is 1. The fraction of sp³-hybridized carbons (Fsp3) is 0.222. The first-order valence-electron chi connectivity index (χ1n) is 9.22. The fourth-order valence-electron chi connectivity index (χ4n) is 3.06. The molecule has 0 spiro atoms. The third-order valence-electron chi connectivity index (χ3n) is 4.49. The number of phosphoric acid groups is 1. The molecule has 0 saturated carbocycles. The molecule has 1 aliphatic rings. The van der Waals surface area contributed by atoms with Gasteiger partial charge >= 0.3 is 65.2 Å². The third kappa shape index (κ3) is 7.31. The first-order chi connectivity index (χ1) is 15.2. The fourth-order valence-corrected chi connectivity index (χ4v) is 3.41. The summed E-state index contributed by atoms with van der Waals surface area (Å²) in [5.74, 6) is 0.410. The second-order valence-corrected chi connectivity index (χ2v) is 7.95. The van der Waals surface area contributed by atoms with Gasteiger partial charge in [-0.2, -0.15) is 9.90 Å². The zero-order valence-electron chi connectivity index (χ0n) is 18.5. The van der Waals surface area contributed by atoms with Gasteiger partial charge in [-0.05, 0) is 30.3 Å². The third-order valence-corrected chi connectivity index (χ3v) is 4.95. The molecule has 1 amide bonds. The van der Waals surface area contributed by atoms with Crippen LogP contribution in [0.3, 0.4) is 0 Å². The summed E-state index contributed by atoms with van der Waals surface area (Å²) in [5.41, 5.74) is 0.981. The van der Waals surface area contributed by atoms with E-state index in [1.165, 1.54) is 29.3 Å². The molecule has 168 valence electrons. The number of nitrogens with zero attached hydrogens (tertiary/aromatic N) is 5. The van der Waals surface area contributed by atoms with Crippen molar-refractivity contribution in [3.8, 4) is 11.1 Å². The van der Waals surface area contributed by atoms with Gasteiger partial charge in [0.25, 0.3) is 0 Å². The van der Waals surface area contributed by atoms with Crippen LogP contribution < -0.4 is 79.1 Å². The van der Waals surface area contributed by atoms with Crippen molar-refractivity contribution in [3.63, 3.8) is 0 Å². The number of pyridine rings is 1. The van der Waals surface area contributed by atoms with Gasteiger partial charge in [0.05, 0.1) is 32.9 Å². The zero-order chi connectivity index (χ0) is 22.9. The van der Waals surface area contributed by atoms with Crippen LogP contribution in [0, 0.1) is 5.82 Å². The summed E-state index contributed by atoms with van der Waals surface area (Å²) in [6, 6.07) is 7.48. The Balaban J connectivity index is 0.00000204. The second-order valence-electron chi connectivity index (χ2n) is 6.80. The van der Waals surface area contributed by atoms with Gasteiger partial charge in [0.2, 0.25) is 0 Å². The van der Waals surface area contributed by atoms with Gasteiger partial charge in [-0.15, -0.1) is 5.10 Å². The number of phosphoric ester groups is 1. The molecule has 34 heavy (non-hydrogen) atoms. The molecule has 0 bridgehead atoms. The Hall–Kier alpha value is -1.38. The monoisotopic (exact) mass is 508 g/mol. The SMILES string of the molecule is Cn1ncc(Nc2ccc(-c3ccc(N4C[C@H](COP(=O)([O-])[O-])OC4=O)cc3F)cn2)n1.[Na+].[Na+]. The number of carbonyl (C=O) groups excluding carboxylic acids is 1. The van der Waals surface area contributed by atoms with Crippen LogP contribution in [0.2, 0.25) is 0 Å². The van der Waals surface area contributed by atoms with Crippen molar-refractivity contribution in [2.24, 2.45) is 7.05 Å². The van der Waals surface area contributed by atoms with Crippen molar-refractivity contribution in [1.29, 1.82) is 0 Å². The van der Waals surface area contributed by atoms with E-state index in [4.69, 9.17) is 4.74 Å². The number of benzene rings is 1. The minimum atomic E-state index is -5.19. The number of halogens is 1. The van der Waals surface area contributed by atoms with Crippen molar-refractivity contribution in [2.45, 2.75) is 6.10 Å². The number of amides is 1. The van der Waals surface area contributed by atoms with E-state index in [1.807, 2.05) is 0 Å². The number of anilines is 3. The van der Waals surface area contributed by atoms with E-state index < -0.39 is 32.4 Å². The van der Waals surface area contributed by atoms with Crippen molar-refractivity contribution in [2.75, 3.05) is 23.4 Å². The predicted octanol–water partition coefficient (Wildman–Crippen LogP) is -5.06. The van der Waals surface area contributed by atoms with E-state index >= 15 is 0 Å². The molecule has 0 radical (unpaired) electrons. The summed E-state index contributed by atoms with van der Waals surface area (Å²) in [4.78, 5) is 39.9. The number of aryl methyl sites for hydroxylation is 1. The summed E-state index contributed by atoms with van der Waals surface area (Å²) in [7, 11) is -3.51. The molecule has 1 fully saturated rings. The van der Waals surface area contributed by atoms with Crippen molar-refractivity contribution in [1.82, 2.24) is 20.0 Å². The summed E-state index contributed by atoms with van der Waals surface area (Å²) >= 11 is 0. The van der Waals surface area contributed by atoms with Crippen LogP contribution in [-0.2, 0) is 20.9 Å². The second kappa shape index (κ2) is 12.0. The Kier molecular flexibility index (Phi) is 10.2. The van der Waals surface area contributed by atoms with Gasteiger partial charge in [-0.1, -0.05) is 0 Å². The molecule has 1 atom stereocenters. The van der Waals surface area contributed by atoms with Gasteiger partial charge in [-0.3, -0.25) is 4.90 Å². The molecular weight excluding hydrogens is 492 g/mol. The number of carbonyl (C=O) groups is 1. The normalized spacial score (nSPS) is 15.4. The first-order valence-corrected chi connectivity index (χ1v) is 10.7. The molecule has 1 N–H and O–H groups in total. The van der Waals surface area contributed by atoms with Crippen LogP contribution in [0.15, 0.2) is 42.7 Å². The average Bonchev–Trinajstić information content (AvgIpc) is 3.31. The van der Waals surface area contributed by atoms with E-state index in [0.29, 0.717) is 17.2 Å². The Morgan fingerprint density at radius 1 is 1.24 bits per heavy atom. The molecule has 1 aromatic carbocycles. The number of rotatable bonds is 7. The molecule has 0 aliphatic carbocycles. The van der Waals surface area contributed by atoms with E-state index in [-0.39, 0.29) is 76.9 Å². The van der Waals surface area contributed by atoms with Crippen molar-refractivity contribution in [3.05, 3.63) is 48.5 Å². The van der Waals surface area contributed by atoms with Crippen molar-refractivity contribution >= 4 is 31.2 Å². The maximum absolute atomic E-state index is 14.8. The number of hydrogen-bond donors (Lipinski definition) is 1. The summed E-state index contributed by atoms with van der Waals surface area (Å²) in [5, 5.41) is 11.0. The van der Waals surface area contributed by atoms with Crippen LogP contribution in [-0.4, -0.2) is 45.3 Å². The maximum atomic E-state index is 14.8. The Bertz CT molecular complexity index is 1190. The van der Waals surface area contributed by atoms with Crippen LogP contribution >= 0.6 is 7.82 Å². The molecule has 12 nitrogen and oxygen atoms in total. The molecule has 0 unspecified atom stereocenters. The Morgan fingerprint density at radius 3 is 2.59 bits per heavy atom. The van der Waals surface area contributed by atoms with Crippen molar-refractivity contribution < 1.29 is 91.9 Å². The average molecular weight is 508 g/mol. The largest absolute Gasteiger partial charge is 1.00 e. The molecule has 2 aromatic heterocycles. The minimum absolute atomic E-state index is 0. The van der Waals surface area contributed by atoms with E-state index in [1.54, 1.807) is 19.2 Å². The standard InChI is InChI=1S/C18H18FN6O6P.2Na/c1-24-21-8-17(23-24)22-16-5-2-11(7-20-16)14-4-3-12(6-15(14)19)25-9-13(31-18(25)26)10-30-32(27,28)29;;/h2-8,13H,9-10H2,1H3,(H,20,22,23)(H2,27,28,29);;/q;2*+1/p-2/t13-;;/m1../s1. The summed E-state index contributed by atoms with van der Waals surface area (Å²) < 4.78 is 34.5. The molecule has 1 saturated heterocycles. The maximum Gasteiger partial charge on any atom is 1.00 e. The van der Waals surface area contributed by atoms with Gasteiger partial charge in [0.1, 0.15) is 17.7 Å². The number of hydrogen-bond acceptors (Lipinski definition) is 10. The smallest absolute Gasteiger partial charge is 0.790 e. The number of ether oxygens (including phenoxy) is 1. The van der Waals surface area contributed by atoms with E-state index in [0.717, 1.165) is 11.0 Å². The molecule has 4 rings (SSSR count). The Morgan fingerprint density at radius 2 is 2.00 bits per heavy atom. The molecule has 1 aliphatic heterocycles. The number of aromatic nitrogens is 4. The molecule has 3 heterocycles. The van der Waals surface area contributed by atoms with E-state index in [9.17, 15) is 23.5 Å². The zero-order valence-corrected chi connectivity index (χ0v) is 23.4. The van der Waals surface area contributed by atoms with Crippen LogP contribution in [0.5, 0.6) is 0 Å². The topological polar surface area (TPSA) is 158 Å². The van der Waals surface area contributed by atoms with Gasteiger partial charge in [-0.25, -0.2) is 14.2 Å². The summed E-state index contributed by atoms with van der Waals surface area (Å²) in [6.45, 7) is -0.699. The first kappa shape index (κ1) is 28.9. The Labute approximate surface area is 237 Å². The molecular formula is C18H16FN6Na2O6P. The predicted molar refractivity (Wildman–Crippen MR) is 105 cm³/mol. The minimum Gasteiger partial charge on any atom is -0.790 e. The molecule has 3 aromatic rings. The molecule has 16 heteroatoms. The quantitative estimate of drug-likeness (QED) is 0.242. The van der Waals surface area contributed by atoms with Gasteiger partial charge in [0, 0.05) is 24.4 Å². The van der Waals surface area contributed by atoms with Gasteiger partial charge < -0.3 is 28.9 Å². The van der Waals surface area contributed by atoms with Gasteiger partial charge in [0.15, 0.2) is 5.82 Å². The van der Waals surface area contributed by atoms with Crippen LogP contribution in [0.25, 0.3) is 11.1 Å².